The van der Waals surface area contributed by atoms with Gasteiger partial charge in [-0.2, -0.15) is 0 Å². The van der Waals surface area contributed by atoms with E-state index in [4.69, 9.17) is 9.47 Å². The van der Waals surface area contributed by atoms with Crippen LogP contribution in [-0.2, 0) is 0 Å². The average Bonchev–Trinajstić information content (AvgIpc) is 2.96. The van der Waals surface area contributed by atoms with E-state index in [2.05, 4.69) is 11.8 Å². The second kappa shape index (κ2) is 6.21. The SMILES string of the molecule is C(#CCOc1cccs1)COc1cccs1. The van der Waals surface area contributed by atoms with Crippen molar-refractivity contribution in [2.24, 2.45) is 0 Å². The zero-order valence-electron chi connectivity index (χ0n) is 8.51. The van der Waals surface area contributed by atoms with Gasteiger partial charge in [0.25, 0.3) is 0 Å². The van der Waals surface area contributed by atoms with E-state index in [0.717, 1.165) is 10.1 Å². The molecule has 2 rings (SSSR count). The molecule has 0 saturated heterocycles. The highest BCUT2D eigenvalue weighted by Crippen LogP contribution is 2.18. The summed E-state index contributed by atoms with van der Waals surface area (Å²) >= 11 is 3.13. The lowest BCUT2D eigenvalue weighted by atomic mass is 10.6. The van der Waals surface area contributed by atoms with E-state index in [1.54, 1.807) is 22.7 Å². The number of thiophene rings is 2. The summed E-state index contributed by atoms with van der Waals surface area (Å²) in [5.74, 6) is 5.80. The minimum atomic E-state index is 0.411. The first-order valence-corrected chi connectivity index (χ1v) is 6.49. The third kappa shape index (κ3) is 3.61. The van der Waals surface area contributed by atoms with Crippen LogP contribution >= 0.6 is 22.7 Å². The second-order valence-electron chi connectivity index (χ2n) is 2.80. The predicted molar refractivity (Wildman–Crippen MR) is 67.4 cm³/mol. The molecule has 0 aliphatic heterocycles. The molecule has 0 amide bonds. The first-order chi connectivity index (χ1) is 7.95. The monoisotopic (exact) mass is 250 g/mol. The minimum absolute atomic E-state index is 0.411. The van der Waals surface area contributed by atoms with Crippen LogP contribution in [0.3, 0.4) is 0 Å². The number of hydrogen-bond donors (Lipinski definition) is 0. The highest BCUT2D eigenvalue weighted by Gasteiger charge is 1.90. The summed E-state index contributed by atoms with van der Waals surface area (Å²) in [6.45, 7) is 0.822. The van der Waals surface area contributed by atoms with Crippen molar-refractivity contribution in [1.82, 2.24) is 0 Å². The molecule has 2 heterocycles. The van der Waals surface area contributed by atoms with Crippen LogP contribution in [0.25, 0.3) is 0 Å². The van der Waals surface area contributed by atoms with Gasteiger partial charge in [0.1, 0.15) is 13.2 Å². The first kappa shape index (κ1) is 11.1. The molecule has 0 fully saturated rings. The average molecular weight is 250 g/mol. The Bertz CT molecular complexity index is 407. The topological polar surface area (TPSA) is 18.5 Å². The van der Waals surface area contributed by atoms with Crippen molar-refractivity contribution < 1.29 is 9.47 Å². The molecular weight excluding hydrogens is 240 g/mol. The van der Waals surface area contributed by atoms with Crippen molar-refractivity contribution in [3.05, 3.63) is 35.0 Å². The Balaban J connectivity index is 1.63. The number of hydrogen-bond acceptors (Lipinski definition) is 4. The van der Waals surface area contributed by atoms with Gasteiger partial charge in [0.15, 0.2) is 10.1 Å². The van der Waals surface area contributed by atoms with E-state index >= 15 is 0 Å². The lowest BCUT2D eigenvalue weighted by molar-refractivity contribution is 0.373. The summed E-state index contributed by atoms with van der Waals surface area (Å²) in [6.07, 6.45) is 0. The maximum absolute atomic E-state index is 5.38. The summed E-state index contributed by atoms with van der Waals surface area (Å²) in [6, 6.07) is 7.75. The second-order valence-corrected chi connectivity index (χ2v) is 4.62. The van der Waals surface area contributed by atoms with Gasteiger partial charge in [-0.05, 0) is 35.0 Å². The summed E-state index contributed by atoms with van der Waals surface area (Å²) in [7, 11) is 0. The van der Waals surface area contributed by atoms with E-state index in [1.165, 1.54) is 0 Å². The van der Waals surface area contributed by atoms with Crippen molar-refractivity contribution >= 4 is 22.7 Å². The van der Waals surface area contributed by atoms with E-state index in [1.807, 2.05) is 35.0 Å². The van der Waals surface area contributed by atoms with Gasteiger partial charge in [-0.25, -0.2) is 0 Å². The normalized spacial score (nSPS) is 9.25. The summed E-state index contributed by atoms with van der Waals surface area (Å²) < 4.78 is 10.8. The van der Waals surface area contributed by atoms with Gasteiger partial charge in [0.05, 0.1) is 0 Å². The Morgan fingerprint density at radius 3 is 1.75 bits per heavy atom. The van der Waals surface area contributed by atoms with Gasteiger partial charge in [0, 0.05) is 0 Å². The van der Waals surface area contributed by atoms with Crippen LogP contribution in [-0.4, -0.2) is 13.2 Å². The Morgan fingerprint density at radius 2 is 1.38 bits per heavy atom. The fraction of sp³-hybridized carbons (Fsp3) is 0.167. The molecule has 0 aliphatic carbocycles. The third-order valence-electron chi connectivity index (χ3n) is 1.69. The fourth-order valence-corrected chi connectivity index (χ4v) is 2.16. The number of ether oxygens (including phenoxy) is 2. The van der Waals surface area contributed by atoms with Gasteiger partial charge in [-0.3, -0.25) is 0 Å². The maximum atomic E-state index is 5.38. The third-order valence-corrected chi connectivity index (χ3v) is 3.25. The van der Waals surface area contributed by atoms with Crippen LogP contribution in [0.4, 0.5) is 0 Å². The quantitative estimate of drug-likeness (QED) is 0.775. The molecule has 0 N–H and O–H groups in total. The molecule has 2 nitrogen and oxygen atoms in total. The molecule has 4 heteroatoms. The van der Waals surface area contributed by atoms with Crippen LogP contribution < -0.4 is 9.47 Å². The minimum Gasteiger partial charge on any atom is -0.471 e. The Hall–Kier alpha value is -1.44. The molecule has 0 unspecified atom stereocenters. The molecule has 0 saturated carbocycles. The zero-order chi connectivity index (χ0) is 11.1. The standard InChI is InChI=1S/C12H10O2S2/c1(7-13-11-5-3-9-15-11)2-8-14-12-6-4-10-16-12/h3-6,9-10H,7-8H2. The highest BCUT2D eigenvalue weighted by atomic mass is 32.1. The van der Waals surface area contributed by atoms with Gasteiger partial charge in [-0.1, -0.05) is 11.8 Å². The van der Waals surface area contributed by atoms with Crippen LogP contribution in [0.15, 0.2) is 35.0 Å². The van der Waals surface area contributed by atoms with Gasteiger partial charge in [-0.15, -0.1) is 22.7 Å². The zero-order valence-corrected chi connectivity index (χ0v) is 10.1. The number of rotatable bonds is 4. The van der Waals surface area contributed by atoms with Crippen LogP contribution in [0.5, 0.6) is 10.1 Å². The molecule has 0 bridgehead atoms. The van der Waals surface area contributed by atoms with Crippen LogP contribution in [0, 0.1) is 11.8 Å². The maximum Gasteiger partial charge on any atom is 0.175 e. The molecule has 16 heavy (non-hydrogen) atoms. The lowest BCUT2D eigenvalue weighted by Crippen LogP contribution is -1.95. The molecule has 2 aromatic rings. The molecular formula is C12H10O2S2. The van der Waals surface area contributed by atoms with Gasteiger partial charge < -0.3 is 9.47 Å². The van der Waals surface area contributed by atoms with Crippen molar-refractivity contribution in [3.8, 4) is 22.0 Å². The molecule has 82 valence electrons. The first-order valence-electron chi connectivity index (χ1n) is 4.73. The van der Waals surface area contributed by atoms with Gasteiger partial charge >= 0.3 is 0 Å². The molecule has 0 radical (unpaired) electrons. The van der Waals surface area contributed by atoms with E-state index < -0.39 is 0 Å². The summed E-state index contributed by atoms with van der Waals surface area (Å²) in [5.41, 5.74) is 0. The van der Waals surface area contributed by atoms with Crippen molar-refractivity contribution in [1.29, 1.82) is 0 Å². The highest BCUT2D eigenvalue weighted by molar-refractivity contribution is 7.12. The van der Waals surface area contributed by atoms with Crippen LogP contribution in [0.2, 0.25) is 0 Å². The van der Waals surface area contributed by atoms with E-state index in [0.29, 0.717) is 13.2 Å². The van der Waals surface area contributed by atoms with Crippen molar-refractivity contribution in [2.45, 2.75) is 0 Å². The fourth-order valence-electron chi connectivity index (χ4n) is 1.01. The molecule has 0 aliphatic rings. The molecule has 0 spiro atoms. The van der Waals surface area contributed by atoms with Crippen molar-refractivity contribution in [3.63, 3.8) is 0 Å². The Kier molecular flexibility index (Phi) is 4.29. The van der Waals surface area contributed by atoms with E-state index in [-0.39, 0.29) is 0 Å². The molecule has 0 aromatic carbocycles. The Labute approximate surface area is 102 Å². The predicted octanol–water partition coefficient (Wildman–Crippen LogP) is 3.27. The van der Waals surface area contributed by atoms with Crippen LogP contribution in [0.1, 0.15) is 0 Å². The summed E-state index contributed by atoms with van der Waals surface area (Å²) in [4.78, 5) is 0. The summed E-state index contributed by atoms with van der Waals surface area (Å²) in [5, 5.41) is 5.74. The largest absolute Gasteiger partial charge is 0.471 e. The molecule has 2 aromatic heterocycles. The van der Waals surface area contributed by atoms with E-state index in [9.17, 15) is 0 Å². The lowest BCUT2D eigenvalue weighted by Gasteiger charge is -1.96. The van der Waals surface area contributed by atoms with Gasteiger partial charge in [0.2, 0.25) is 0 Å². The molecule has 0 atom stereocenters. The smallest absolute Gasteiger partial charge is 0.175 e. The Morgan fingerprint density at radius 1 is 0.875 bits per heavy atom. The van der Waals surface area contributed by atoms with Crippen molar-refractivity contribution in [2.75, 3.05) is 13.2 Å².